The topological polar surface area (TPSA) is 93.1 Å². The Labute approximate surface area is 168 Å². The minimum atomic E-state index is -1.04. The van der Waals surface area contributed by atoms with Gasteiger partial charge in [0.1, 0.15) is 18.2 Å². The van der Waals surface area contributed by atoms with Crippen LogP contribution in [-0.2, 0) is 17.8 Å². The van der Waals surface area contributed by atoms with Gasteiger partial charge in [0.05, 0.1) is 22.5 Å². The first kappa shape index (κ1) is 20.3. The van der Waals surface area contributed by atoms with Crippen molar-refractivity contribution in [2.75, 3.05) is 11.9 Å². The van der Waals surface area contributed by atoms with Crippen LogP contribution >= 0.6 is 11.3 Å². The highest BCUT2D eigenvalue weighted by Crippen LogP contribution is 2.20. The van der Waals surface area contributed by atoms with Gasteiger partial charge in [-0.1, -0.05) is 0 Å². The van der Waals surface area contributed by atoms with Crippen molar-refractivity contribution in [3.05, 3.63) is 80.7 Å². The summed E-state index contributed by atoms with van der Waals surface area (Å²) in [6.45, 7) is 0.0414. The number of halogens is 2. The molecule has 150 valence electrons. The number of benzene rings is 1. The highest BCUT2D eigenvalue weighted by Gasteiger charge is 2.17. The van der Waals surface area contributed by atoms with Gasteiger partial charge in [-0.25, -0.2) is 13.8 Å². The molecule has 2 N–H and O–H groups in total. The zero-order valence-electron chi connectivity index (χ0n) is 15.0. The van der Waals surface area contributed by atoms with Gasteiger partial charge < -0.3 is 15.2 Å². The first-order chi connectivity index (χ1) is 13.9. The smallest absolute Gasteiger partial charge is 0.254 e. The quantitative estimate of drug-likeness (QED) is 0.615. The zero-order chi connectivity index (χ0) is 20.8. The molecule has 3 rings (SSSR count). The molecule has 2 amide bonds. The van der Waals surface area contributed by atoms with E-state index in [1.165, 1.54) is 40.4 Å². The fourth-order valence-electron chi connectivity index (χ4n) is 2.48. The summed E-state index contributed by atoms with van der Waals surface area (Å²) in [5.41, 5.74) is 1.55. The van der Waals surface area contributed by atoms with E-state index in [0.29, 0.717) is 12.5 Å². The SMILES string of the molecule is O=C(Cn1ccc(=O)cc1)Nc1cc(C(=O)NCCc2cscn2)c(F)cc1F. The summed E-state index contributed by atoms with van der Waals surface area (Å²) in [6, 6.07) is 4.05. The van der Waals surface area contributed by atoms with Crippen molar-refractivity contribution in [2.24, 2.45) is 0 Å². The molecular weight excluding hydrogens is 402 g/mol. The Hall–Kier alpha value is -3.40. The maximum absolute atomic E-state index is 14.0. The van der Waals surface area contributed by atoms with Gasteiger partial charge >= 0.3 is 0 Å². The summed E-state index contributed by atoms with van der Waals surface area (Å²) < 4.78 is 29.5. The number of nitrogens with zero attached hydrogens (tertiary/aromatic N) is 2. The molecule has 0 bridgehead atoms. The van der Waals surface area contributed by atoms with Crippen LogP contribution in [0.1, 0.15) is 16.1 Å². The minimum absolute atomic E-state index is 0.188. The molecular formula is C19H16F2N4O3S. The molecule has 0 atom stereocenters. The van der Waals surface area contributed by atoms with E-state index in [1.807, 2.05) is 5.38 Å². The molecule has 0 saturated heterocycles. The lowest BCUT2D eigenvalue weighted by molar-refractivity contribution is -0.116. The largest absolute Gasteiger partial charge is 0.352 e. The van der Waals surface area contributed by atoms with Crippen LogP contribution in [0.5, 0.6) is 0 Å². The average Bonchev–Trinajstić information content (AvgIpc) is 3.19. The van der Waals surface area contributed by atoms with Gasteiger partial charge in [0.2, 0.25) is 5.91 Å². The lowest BCUT2D eigenvalue weighted by atomic mass is 10.1. The van der Waals surface area contributed by atoms with Crippen molar-refractivity contribution in [2.45, 2.75) is 13.0 Å². The van der Waals surface area contributed by atoms with Crippen LogP contribution < -0.4 is 16.1 Å². The van der Waals surface area contributed by atoms with Gasteiger partial charge in [-0.15, -0.1) is 11.3 Å². The summed E-state index contributed by atoms with van der Waals surface area (Å²) in [5.74, 6) is -3.37. The lowest BCUT2D eigenvalue weighted by Gasteiger charge is -2.11. The third kappa shape index (κ3) is 5.55. The van der Waals surface area contributed by atoms with Gasteiger partial charge in [0, 0.05) is 48.9 Å². The number of anilines is 1. The van der Waals surface area contributed by atoms with Crippen LogP contribution in [0.25, 0.3) is 0 Å². The number of aromatic nitrogens is 2. The summed E-state index contributed by atoms with van der Waals surface area (Å²) >= 11 is 1.42. The fourth-order valence-corrected chi connectivity index (χ4v) is 3.08. The van der Waals surface area contributed by atoms with Crippen LogP contribution in [0.3, 0.4) is 0 Å². The number of thiazole rings is 1. The lowest BCUT2D eigenvalue weighted by Crippen LogP contribution is -2.27. The van der Waals surface area contributed by atoms with Crippen LogP contribution in [-0.4, -0.2) is 27.9 Å². The van der Waals surface area contributed by atoms with E-state index in [2.05, 4.69) is 15.6 Å². The van der Waals surface area contributed by atoms with Crippen LogP contribution in [0.4, 0.5) is 14.5 Å². The molecule has 7 nitrogen and oxygen atoms in total. The maximum Gasteiger partial charge on any atom is 0.254 e. The van der Waals surface area contributed by atoms with Crippen molar-refractivity contribution in [3.63, 3.8) is 0 Å². The first-order valence-electron chi connectivity index (χ1n) is 8.52. The van der Waals surface area contributed by atoms with Crippen molar-refractivity contribution >= 4 is 28.8 Å². The average molecular weight is 418 g/mol. The third-order valence-corrected chi connectivity index (χ3v) is 4.55. The van der Waals surface area contributed by atoms with Gasteiger partial charge in [-0.05, 0) is 6.07 Å². The Morgan fingerprint density at radius 2 is 1.90 bits per heavy atom. The molecule has 0 saturated carbocycles. The second kappa shape index (κ2) is 9.20. The second-order valence-electron chi connectivity index (χ2n) is 6.05. The number of hydrogen-bond acceptors (Lipinski definition) is 5. The highest BCUT2D eigenvalue weighted by atomic mass is 32.1. The van der Waals surface area contributed by atoms with Gasteiger partial charge in [0.15, 0.2) is 5.43 Å². The molecule has 1 aromatic carbocycles. The molecule has 0 aliphatic heterocycles. The predicted octanol–water partition coefficient (Wildman–Crippen LogP) is 2.19. The number of hydrogen-bond donors (Lipinski definition) is 2. The number of carbonyl (C=O) groups excluding carboxylic acids is 2. The fraction of sp³-hybridized carbons (Fsp3) is 0.158. The van der Waals surface area contributed by atoms with E-state index < -0.39 is 23.4 Å². The van der Waals surface area contributed by atoms with Crippen LogP contribution in [0.15, 0.2) is 52.3 Å². The molecule has 0 unspecified atom stereocenters. The first-order valence-corrected chi connectivity index (χ1v) is 9.47. The number of pyridine rings is 1. The molecule has 0 fully saturated rings. The number of rotatable bonds is 7. The molecule has 2 heterocycles. The molecule has 0 radical (unpaired) electrons. The summed E-state index contributed by atoms with van der Waals surface area (Å²) in [6.07, 6.45) is 3.29. The Morgan fingerprint density at radius 1 is 1.14 bits per heavy atom. The summed E-state index contributed by atoms with van der Waals surface area (Å²) in [5, 5.41) is 6.68. The Bertz CT molecular complexity index is 1060. The monoisotopic (exact) mass is 418 g/mol. The maximum atomic E-state index is 14.0. The molecule has 0 aliphatic rings. The minimum Gasteiger partial charge on any atom is -0.352 e. The third-order valence-electron chi connectivity index (χ3n) is 3.91. The van der Waals surface area contributed by atoms with Crippen molar-refractivity contribution in [1.82, 2.24) is 14.9 Å². The van der Waals surface area contributed by atoms with Crippen LogP contribution in [0, 0.1) is 11.6 Å². The van der Waals surface area contributed by atoms with E-state index in [-0.39, 0.29) is 29.8 Å². The molecule has 2 aromatic heterocycles. The molecule has 0 aliphatic carbocycles. The number of amides is 2. The molecule has 10 heteroatoms. The van der Waals surface area contributed by atoms with Crippen molar-refractivity contribution in [1.29, 1.82) is 0 Å². The standard InChI is InChI=1S/C19H16F2N4O3S/c20-15-8-16(21)17(24-18(27)9-25-5-2-13(26)3-6-25)7-14(15)19(28)22-4-1-12-10-29-11-23-12/h2-3,5-8,10-11H,1,4,9H2,(H,22,28)(H,24,27). The predicted molar refractivity (Wildman–Crippen MR) is 104 cm³/mol. The van der Waals surface area contributed by atoms with E-state index >= 15 is 0 Å². The summed E-state index contributed by atoms with van der Waals surface area (Å²) in [7, 11) is 0. The summed E-state index contributed by atoms with van der Waals surface area (Å²) in [4.78, 5) is 39.5. The van der Waals surface area contributed by atoms with E-state index in [1.54, 1.807) is 5.51 Å². The Morgan fingerprint density at radius 3 is 2.59 bits per heavy atom. The van der Waals surface area contributed by atoms with E-state index in [0.717, 1.165) is 11.8 Å². The second-order valence-corrected chi connectivity index (χ2v) is 6.77. The zero-order valence-corrected chi connectivity index (χ0v) is 15.8. The van der Waals surface area contributed by atoms with Gasteiger partial charge in [0.25, 0.3) is 5.91 Å². The Kier molecular flexibility index (Phi) is 6.45. The molecule has 3 aromatic rings. The van der Waals surface area contributed by atoms with Gasteiger partial charge in [-0.3, -0.25) is 14.4 Å². The van der Waals surface area contributed by atoms with Crippen LogP contribution in [0.2, 0.25) is 0 Å². The molecule has 0 spiro atoms. The van der Waals surface area contributed by atoms with E-state index in [4.69, 9.17) is 0 Å². The highest BCUT2D eigenvalue weighted by molar-refractivity contribution is 7.07. The number of nitrogens with one attached hydrogen (secondary N) is 2. The van der Waals surface area contributed by atoms with Crippen molar-refractivity contribution < 1.29 is 18.4 Å². The van der Waals surface area contributed by atoms with Crippen molar-refractivity contribution in [3.8, 4) is 0 Å². The number of carbonyl (C=O) groups is 2. The van der Waals surface area contributed by atoms with Gasteiger partial charge in [-0.2, -0.15) is 0 Å². The molecule has 29 heavy (non-hydrogen) atoms. The normalized spacial score (nSPS) is 10.6. The Balaban J connectivity index is 1.65. The van der Waals surface area contributed by atoms with E-state index in [9.17, 15) is 23.2 Å².